The van der Waals surface area contributed by atoms with Crippen LogP contribution in [0.25, 0.3) is 0 Å². The van der Waals surface area contributed by atoms with Gasteiger partial charge in [0.1, 0.15) is 4.33 Å². The molecule has 0 unspecified atom stereocenters. The summed E-state index contributed by atoms with van der Waals surface area (Å²) in [6.45, 7) is 4.21. The molecular formula is C10H15Cl2NO2S. The summed E-state index contributed by atoms with van der Waals surface area (Å²) in [5.41, 5.74) is -0.391. The Balaban J connectivity index is 2.21. The second-order valence-electron chi connectivity index (χ2n) is 5.95. The van der Waals surface area contributed by atoms with Crippen molar-refractivity contribution in [3.05, 3.63) is 0 Å². The standard InChI is InChI=1S/C10H15Cl2NO2S/c1-8(2)6-3-4-9(8)5-16(14,15)13-7(9)10(6,11)12/h6-7,13H,3-5H2,1-2H3/t6-,7-,9+/m1/s1. The van der Waals surface area contributed by atoms with Crippen LogP contribution >= 0.6 is 23.2 Å². The number of sulfonamides is 1. The van der Waals surface area contributed by atoms with Crippen LogP contribution < -0.4 is 4.72 Å². The summed E-state index contributed by atoms with van der Waals surface area (Å²) < 4.78 is 25.3. The molecule has 0 aromatic carbocycles. The Hall–Kier alpha value is 0.490. The fourth-order valence-corrected chi connectivity index (χ4v) is 7.92. The molecule has 2 saturated carbocycles. The summed E-state index contributed by atoms with van der Waals surface area (Å²) in [6, 6.07) is -0.318. The fraction of sp³-hybridized carbons (Fsp3) is 1.00. The summed E-state index contributed by atoms with van der Waals surface area (Å²) in [6.07, 6.45) is 1.83. The van der Waals surface area contributed by atoms with Gasteiger partial charge in [0, 0.05) is 5.41 Å². The van der Waals surface area contributed by atoms with Gasteiger partial charge < -0.3 is 0 Å². The Morgan fingerprint density at radius 2 is 1.94 bits per heavy atom. The SMILES string of the molecule is CC1(C)[C@H]2CC[C@@]13CS(=O)(=O)N[C@H]3C2(Cl)Cl. The minimum atomic E-state index is -3.21. The van der Waals surface area contributed by atoms with Gasteiger partial charge in [-0.05, 0) is 24.2 Å². The lowest BCUT2D eigenvalue weighted by Gasteiger charge is -2.36. The maximum Gasteiger partial charge on any atom is 0.212 e. The van der Waals surface area contributed by atoms with Crippen molar-refractivity contribution in [1.82, 2.24) is 4.72 Å². The molecule has 92 valence electrons. The zero-order valence-corrected chi connectivity index (χ0v) is 11.6. The van der Waals surface area contributed by atoms with Crippen LogP contribution in [0.5, 0.6) is 0 Å². The lowest BCUT2D eigenvalue weighted by Crippen LogP contribution is -2.48. The molecule has 1 spiro atoms. The lowest BCUT2D eigenvalue weighted by atomic mass is 9.69. The van der Waals surface area contributed by atoms with Crippen LogP contribution in [0.3, 0.4) is 0 Å². The summed E-state index contributed by atoms with van der Waals surface area (Å²) in [5, 5.41) is 0. The molecule has 0 amide bonds. The third-order valence-corrected chi connectivity index (χ3v) is 7.63. The highest BCUT2D eigenvalue weighted by Gasteiger charge is 2.77. The quantitative estimate of drug-likeness (QED) is 0.691. The van der Waals surface area contributed by atoms with Gasteiger partial charge in [0.05, 0.1) is 11.8 Å². The van der Waals surface area contributed by atoms with E-state index in [0.717, 1.165) is 12.8 Å². The van der Waals surface area contributed by atoms with Crippen molar-refractivity contribution < 1.29 is 8.42 Å². The zero-order valence-electron chi connectivity index (χ0n) is 9.26. The van der Waals surface area contributed by atoms with Gasteiger partial charge in [-0.15, -0.1) is 0 Å². The van der Waals surface area contributed by atoms with Crippen LogP contribution in [0.4, 0.5) is 0 Å². The number of hydrogen-bond acceptors (Lipinski definition) is 2. The van der Waals surface area contributed by atoms with Gasteiger partial charge in [0.15, 0.2) is 0 Å². The lowest BCUT2D eigenvalue weighted by molar-refractivity contribution is 0.146. The summed E-state index contributed by atoms with van der Waals surface area (Å²) in [7, 11) is -3.21. The first-order chi connectivity index (χ1) is 7.14. The summed E-state index contributed by atoms with van der Waals surface area (Å²) in [5.74, 6) is 0.353. The molecule has 1 N–H and O–H groups in total. The van der Waals surface area contributed by atoms with Gasteiger partial charge in [0.25, 0.3) is 0 Å². The second-order valence-corrected chi connectivity index (χ2v) is 9.15. The molecule has 1 aliphatic heterocycles. The molecule has 2 bridgehead atoms. The van der Waals surface area contributed by atoms with Gasteiger partial charge in [-0.2, -0.15) is 0 Å². The van der Waals surface area contributed by atoms with E-state index in [-0.39, 0.29) is 28.5 Å². The predicted molar refractivity (Wildman–Crippen MR) is 64.1 cm³/mol. The molecule has 2 aliphatic carbocycles. The van der Waals surface area contributed by atoms with E-state index in [1.807, 2.05) is 0 Å². The molecule has 0 radical (unpaired) electrons. The normalized spacial score (nSPS) is 50.5. The average Bonchev–Trinajstić information content (AvgIpc) is 2.53. The van der Waals surface area contributed by atoms with Gasteiger partial charge in [0.2, 0.25) is 10.0 Å². The van der Waals surface area contributed by atoms with E-state index in [1.54, 1.807) is 0 Å². The topological polar surface area (TPSA) is 46.2 Å². The first kappa shape index (κ1) is 11.6. The molecule has 1 heterocycles. The van der Waals surface area contributed by atoms with Gasteiger partial charge in [-0.1, -0.05) is 37.0 Å². The molecule has 3 nitrogen and oxygen atoms in total. The Bertz CT molecular complexity index is 459. The molecule has 3 rings (SSSR count). The minimum absolute atomic E-state index is 0.113. The van der Waals surface area contributed by atoms with Crippen LogP contribution in [0.2, 0.25) is 0 Å². The smallest absolute Gasteiger partial charge is 0.212 e. The zero-order chi connectivity index (χ0) is 12.0. The average molecular weight is 284 g/mol. The van der Waals surface area contributed by atoms with Crippen LogP contribution in [-0.4, -0.2) is 24.5 Å². The van der Waals surface area contributed by atoms with Crippen molar-refractivity contribution in [2.45, 2.75) is 37.1 Å². The van der Waals surface area contributed by atoms with Gasteiger partial charge in [-0.3, -0.25) is 0 Å². The predicted octanol–water partition coefficient (Wildman–Crippen LogP) is 1.90. The highest BCUT2D eigenvalue weighted by Crippen LogP contribution is 2.73. The molecule has 16 heavy (non-hydrogen) atoms. The fourth-order valence-electron chi connectivity index (χ4n) is 4.28. The van der Waals surface area contributed by atoms with Crippen molar-refractivity contribution in [2.75, 3.05) is 5.75 Å². The molecule has 0 aromatic heterocycles. The van der Waals surface area contributed by atoms with E-state index >= 15 is 0 Å². The number of halogens is 2. The van der Waals surface area contributed by atoms with Gasteiger partial charge >= 0.3 is 0 Å². The molecule has 3 fully saturated rings. The molecule has 6 heteroatoms. The van der Waals surface area contributed by atoms with Crippen LogP contribution in [0.1, 0.15) is 26.7 Å². The summed E-state index contributed by atoms with van der Waals surface area (Å²) >= 11 is 12.8. The number of fused-ring (bicyclic) bond motifs is 1. The summed E-state index contributed by atoms with van der Waals surface area (Å²) in [4.78, 5) is 0. The Morgan fingerprint density at radius 3 is 2.50 bits per heavy atom. The number of nitrogens with one attached hydrogen (secondary N) is 1. The minimum Gasteiger partial charge on any atom is -0.212 e. The third kappa shape index (κ3) is 1.03. The van der Waals surface area contributed by atoms with E-state index in [2.05, 4.69) is 18.6 Å². The van der Waals surface area contributed by atoms with E-state index in [4.69, 9.17) is 23.2 Å². The van der Waals surface area contributed by atoms with Gasteiger partial charge in [-0.25, -0.2) is 13.1 Å². The number of alkyl halides is 2. The largest absolute Gasteiger partial charge is 0.212 e. The molecule has 3 atom stereocenters. The number of rotatable bonds is 0. The Kier molecular flexibility index (Phi) is 1.98. The molecule has 0 aromatic rings. The maximum absolute atomic E-state index is 11.8. The molecular weight excluding hydrogens is 269 g/mol. The Labute approximate surface area is 106 Å². The van der Waals surface area contributed by atoms with E-state index in [9.17, 15) is 8.42 Å². The van der Waals surface area contributed by atoms with Crippen molar-refractivity contribution in [2.24, 2.45) is 16.7 Å². The number of hydrogen-bond donors (Lipinski definition) is 1. The van der Waals surface area contributed by atoms with E-state index in [1.165, 1.54) is 0 Å². The third-order valence-electron chi connectivity index (χ3n) is 5.18. The van der Waals surface area contributed by atoms with Crippen molar-refractivity contribution in [1.29, 1.82) is 0 Å². The monoisotopic (exact) mass is 283 g/mol. The van der Waals surface area contributed by atoms with E-state index < -0.39 is 14.4 Å². The van der Waals surface area contributed by atoms with Crippen molar-refractivity contribution >= 4 is 33.2 Å². The first-order valence-electron chi connectivity index (χ1n) is 5.51. The Morgan fingerprint density at radius 1 is 1.31 bits per heavy atom. The van der Waals surface area contributed by atoms with E-state index in [0.29, 0.717) is 0 Å². The highest BCUT2D eigenvalue weighted by atomic mass is 35.5. The van der Waals surface area contributed by atoms with Crippen LogP contribution in [0.15, 0.2) is 0 Å². The molecule has 1 saturated heterocycles. The van der Waals surface area contributed by atoms with Crippen LogP contribution in [0, 0.1) is 16.7 Å². The molecule has 3 aliphatic rings. The maximum atomic E-state index is 11.8. The first-order valence-corrected chi connectivity index (χ1v) is 7.92. The van der Waals surface area contributed by atoms with Crippen molar-refractivity contribution in [3.8, 4) is 0 Å². The second kappa shape index (κ2) is 2.73. The highest BCUT2D eigenvalue weighted by molar-refractivity contribution is 7.89. The van der Waals surface area contributed by atoms with Crippen molar-refractivity contribution in [3.63, 3.8) is 0 Å². The van der Waals surface area contributed by atoms with Crippen LogP contribution in [-0.2, 0) is 10.0 Å².